The molecule has 29 heavy (non-hydrogen) atoms. The molecule has 0 amide bonds. The number of hydrogen-bond donors (Lipinski definition) is 3. The minimum absolute atomic E-state index is 0. The Balaban J connectivity index is 0.00000392. The molecule has 164 valence electrons. The number of benzene rings is 1. The van der Waals surface area contributed by atoms with Crippen molar-refractivity contribution in [1.29, 1.82) is 0 Å². The third kappa shape index (κ3) is 10.9. The van der Waals surface area contributed by atoms with Crippen molar-refractivity contribution < 1.29 is 14.6 Å². The summed E-state index contributed by atoms with van der Waals surface area (Å²) >= 11 is 5.80. The van der Waals surface area contributed by atoms with Crippen molar-refractivity contribution in [3.05, 3.63) is 52.8 Å². The molecule has 0 spiro atoms. The van der Waals surface area contributed by atoms with E-state index in [1.54, 1.807) is 19.2 Å². The SMILES string of the molecule is CCOc1cc(CNCCNCC(C)O)ccc1OCc1ccc(Cl)nc1.Cl.Cl. The zero-order valence-electron chi connectivity index (χ0n) is 16.7. The maximum atomic E-state index is 9.20. The molecule has 0 saturated carbocycles. The van der Waals surface area contributed by atoms with E-state index in [9.17, 15) is 5.11 Å². The van der Waals surface area contributed by atoms with Crippen LogP contribution in [0.15, 0.2) is 36.5 Å². The van der Waals surface area contributed by atoms with Gasteiger partial charge in [-0.25, -0.2) is 4.98 Å². The Morgan fingerprint density at radius 2 is 1.76 bits per heavy atom. The Morgan fingerprint density at radius 1 is 1.03 bits per heavy atom. The van der Waals surface area contributed by atoms with Crippen LogP contribution in [0.2, 0.25) is 5.15 Å². The molecule has 0 aliphatic carbocycles. The van der Waals surface area contributed by atoms with E-state index in [4.69, 9.17) is 21.1 Å². The van der Waals surface area contributed by atoms with Crippen molar-refractivity contribution in [2.45, 2.75) is 33.1 Å². The van der Waals surface area contributed by atoms with Gasteiger partial charge in [-0.05, 0) is 37.6 Å². The average molecular weight is 467 g/mol. The molecular formula is C20H30Cl3N3O3. The lowest BCUT2D eigenvalue weighted by Crippen LogP contribution is -2.31. The van der Waals surface area contributed by atoms with Crippen molar-refractivity contribution in [1.82, 2.24) is 15.6 Å². The zero-order chi connectivity index (χ0) is 19.5. The van der Waals surface area contributed by atoms with Gasteiger partial charge in [-0.2, -0.15) is 0 Å². The predicted molar refractivity (Wildman–Crippen MR) is 122 cm³/mol. The molecule has 0 fully saturated rings. The third-order valence-electron chi connectivity index (χ3n) is 3.74. The summed E-state index contributed by atoms with van der Waals surface area (Å²) in [6.45, 7) is 7.64. The summed E-state index contributed by atoms with van der Waals surface area (Å²) < 4.78 is 11.6. The first kappa shape index (κ1) is 27.7. The van der Waals surface area contributed by atoms with E-state index in [2.05, 4.69) is 15.6 Å². The Kier molecular flexibility index (Phi) is 14.9. The molecule has 1 unspecified atom stereocenters. The Morgan fingerprint density at radius 3 is 2.41 bits per heavy atom. The molecule has 1 atom stereocenters. The molecule has 6 nitrogen and oxygen atoms in total. The molecule has 3 N–H and O–H groups in total. The number of aromatic nitrogens is 1. The Hall–Kier alpha value is -1.28. The van der Waals surface area contributed by atoms with E-state index in [-0.39, 0.29) is 30.9 Å². The highest BCUT2D eigenvalue weighted by molar-refractivity contribution is 6.29. The summed E-state index contributed by atoms with van der Waals surface area (Å²) in [4.78, 5) is 4.06. The molecule has 1 heterocycles. The summed E-state index contributed by atoms with van der Waals surface area (Å²) in [5, 5.41) is 16.2. The van der Waals surface area contributed by atoms with Crippen LogP contribution in [0.25, 0.3) is 0 Å². The number of halogens is 3. The fourth-order valence-electron chi connectivity index (χ4n) is 2.42. The molecular weight excluding hydrogens is 437 g/mol. The van der Waals surface area contributed by atoms with E-state index in [1.165, 1.54) is 0 Å². The number of pyridine rings is 1. The second-order valence-electron chi connectivity index (χ2n) is 6.22. The second kappa shape index (κ2) is 15.5. The van der Waals surface area contributed by atoms with Crippen LogP contribution >= 0.6 is 36.4 Å². The van der Waals surface area contributed by atoms with Gasteiger partial charge in [0.2, 0.25) is 0 Å². The molecule has 0 radical (unpaired) electrons. The summed E-state index contributed by atoms with van der Waals surface area (Å²) in [7, 11) is 0. The number of rotatable bonds is 12. The van der Waals surface area contributed by atoms with Crippen LogP contribution in [0.1, 0.15) is 25.0 Å². The predicted octanol–water partition coefficient (Wildman–Crippen LogP) is 3.62. The van der Waals surface area contributed by atoms with Gasteiger partial charge in [0.05, 0.1) is 12.7 Å². The van der Waals surface area contributed by atoms with Crippen LogP contribution in [0.3, 0.4) is 0 Å². The molecule has 2 aromatic rings. The molecule has 9 heteroatoms. The third-order valence-corrected chi connectivity index (χ3v) is 3.96. The first-order chi connectivity index (χ1) is 13.1. The molecule has 0 saturated heterocycles. The summed E-state index contributed by atoms with van der Waals surface area (Å²) in [5.41, 5.74) is 2.06. The van der Waals surface area contributed by atoms with Gasteiger partial charge in [0, 0.05) is 37.9 Å². The topological polar surface area (TPSA) is 75.6 Å². The smallest absolute Gasteiger partial charge is 0.161 e. The van der Waals surface area contributed by atoms with E-state index < -0.39 is 0 Å². The minimum atomic E-state index is -0.324. The zero-order valence-corrected chi connectivity index (χ0v) is 19.1. The van der Waals surface area contributed by atoms with Gasteiger partial charge < -0.3 is 25.2 Å². The van der Waals surface area contributed by atoms with Crippen molar-refractivity contribution in [2.75, 3.05) is 26.2 Å². The van der Waals surface area contributed by atoms with Gasteiger partial charge in [-0.3, -0.25) is 0 Å². The fourth-order valence-corrected chi connectivity index (χ4v) is 2.54. The van der Waals surface area contributed by atoms with Gasteiger partial charge in [0.1, 0.15) is 11.8 Å². The fraction of sp³-hybridized carbons (Fsp3) is 0.450. The number of ether oxygens (including phenoxy) is 2. The average Bonchev–Trinajstić information content (AvgIpc) is 2.65. The Bertz CT molecular complexity index is 688. The van der Waals surface area contributed by atoms with Crippen molar-refractivity contribution in [2.24, 2.45) is 0 Å². The molecule has 1 aromatic heterocycles. The van der Waals surface area contributed by atoms with Gasteiger partial charge in [0.25, 0.3) is 0 Å². The number of nitrogens with zero attached hydrogens (tertiary/aromatic N) is 1. The largest absolute Gasteiger partial charge is 0.490 e. The molecule has 1 aromatic carbocycles. The normalized spacial score (nSPS) is 11.2. The van der Waals surface area contributed by atoms with E-state index in [0.717, 1.165) is 36.5 Å². The molecule has 0 aliphatic heterocycles. The van der Waals surface area contributed by atoms with Crippen molar-refractivity contribution >= 4 is 36.4 Å². The lowest BCUT2D eigenvalue weighted by molar-refractivity contribution is 0.191. The summed E-state index contributed by atoms with van der Waals surface area (Å²) in [6.07, 6.45) is 1.38. The molecule has 0 aliphatic rings. The van der Waals surface area contributed by atoms with Crippen LogP contribution in [-0.4, -0.2) is 42.4 Å². The van der Waals surface area contributed by atoms with Crippen molar-refractivity contribution in [3.63, 3.8) is 0 Å². The minimum Gasteiger partial charge on any atom is -0.490 e. The van der Waals surface area contributed by atoms with Gasteiger partial charge >= 0.3 is 0 Å². The standard InChI is InChI=1S/C20H28ClN3O3.2ClH/c1-3-26-19-10-16(12-23-9-8-22-11-15(2)25)4-6-18(19)27-14-17-5-7-20(21)24-13-17;;/h4-7,10,13,15,22-23,25H,3,8-9,11-12,14H2,1-2H3;2*1H. The van der Waals surface area contributed by atoms with Crippen LogP contribution < -0.4 is 20.1 Å². The molecule has 0 bridgehead atoms. The van der Waals surface area contributed by atoms with Crippen LogP contribution in [0, 0.1) is 0 Å². The maximum absolute atomic E-state index is 9.20. The Labute approximate surface area is 190 Å². The first-order valence-electron chi connectivity index (χ1n) is 9.17. The van der Waals surface area contributed by atoms with Crippen LogP contribution in [0.5, 0.6) is 11.5 Å². The monoisotopic (exact) mass is 465 g/mol. The highest BCUT2D eigenvalue weighted by atomic mass is 35.5. The second-order valence-corrected chi connectivity index (χ2v) is 6.61. The lowest BCUT2D eigenvalue weighted by atomic mass is 10.2. The maximum Gasteiger partial charge on any atom is 0.161 e. The van der Waals surface area contributed by atoms with Gasteiger partial charge in [-0.1, -0.05) is 23.7 Å². The van der Waals surface area contributed by atoms with Gasteiger partial charge in [0.15, 0.2) is 11.5 Å². The first-order valence-corrected chi connectivity index (χ1v) is 9.54. The lowest BCUT2D eigenvalue weighted by Gasteiger charge is -2.14. The van der Waals surface area contributed by atoms with E-state index >= 15 is 0 Å². The highest BCUT2D eigenvalue weighted by Crippen LogP contribution is 2.29. The van der Waals surface area contributed by atoms with Crippen LogP contribution in [-0.2, 0) is 13.2 Å². The summed E-state index contributed by atoms with van der Waals surface area (Å²) in [5.74, 6) is 1.43. The quantitative estimate of drug-likeness (QED) is 0.328. The number of hydrogen-bond acceptors (Lipinski definition) is 6. The summed E-state index contributed by atoms with van der Waals surface area (Å²) in [6, 6.07) is 9.58. The number of nitrogens with one attached hydrogen (secondary N) is 2. The number of aliphatic hydroxyl groups excluding tert-OH is 1. The van der Waals surface area contributed by atoms with Crippen LogP contribution in [0.4, 0.5) is 0 Å². The molecule has 2 rings (SSSR count). The van der Waals surface area contributed by atoms with E-state index in [1.807, 2.05) is 31.2 Å². The number of aliphatic hydroxyl groups is 1. The van der Waals surface area contributed by atoms with E-state index in [0.29, 0.717) is 30.7 Å². The van der Waals surface area contributed by atoms with Crippen molar-refractivity contribution in [3.8, 4) is 11.5 Å². The highest BCUT2D eigenvalue weighted by Gasteiger charge is 2.07. The van der Waals surface area contributed by atoms with Gasteiger partial charge in [-0.15, -0.1) is 24.8 Å².